The van der Waals surface area contributed by atoms with E-state index in [1.54, 1.807) is 7.11 Å². The van der Waals surface area contributed by atoms with Gasteiger partial charge in [-0.25, -0.2) is 0 Å². The lowest BCUT2D eigenvalue weighted by atomic mass is 9.77. The molecule has 0 aromatic rings. The minimum absolute atomic E-state index is 0.473. The topological polar surface area (TPSA) is 24.5 Å². The first-order valence-electron chi connectivity index (χ1n) is 7.69. The highest BCUT2D eigenvalue weighted by Gasteiger charge is 2.36. The van der Waals surface area contributed by atoms with Gasteiger partial charge in [0.1, 0.15) is 0 Å². The number of piperidine rings is 1. The minimum atomic E-state index is 0.473. The molecule has 1 atom stereocenters. The zero-order chi connectivity index (χ0) is 12.8. The van der Waals surface area contributed by atoms with Crippen LogP contribution in [0.4, 0.5) is 0 Å². The van der Waals surface area contributed by atoms with Gasteiger partial charge in [-0.3, -0.25) is 0 Å². The summed E-state index contributed by atoms with van der Waals surface area (Å²) in [5, 5.41) is 3.53. The van der Waals surface area contributed by atoms with Gasteiger partial charge in [-0.05, 0) is 51.1 Å². The monoisotopic (exact) mass is 254 g/mol. The van der Waals surface area contributed by atoms with E-state index in [0.29, 0.717) is 6.04 Å². The zero-order valence-electron chi connectivity index (χ0n) is 12.2. The Labute approximate surface area is 112 Å². The van der Waals surface area contributed by atoms with Crippen molar-refractivity contribution in [1.29, 1.82) is 0 Å². The largest absolute Gasteiger partial charge is 0.383 e. The maximum Gasteiger partial charge on any atom is 0.0613 e. The molecule has 18 heavy (non-hydrogen) atoms. The SMILES string of the molecule is COCC(C)NCCN1CCC2(CCCC2)CC1. The van der Waals surface area contributed by atoms with Gasteiger partial charge in [0.25, 0.3) is 0 Å². The van der Waals surface area contributed by atoms with E-state index in [-0.39, 0.29) is 0 Å². The number of likely N-dealkylation sites (tertiary alicyclic amines) is 1. The van der Waals surface area contributed by atoms with Gasteiger partial charge in [0, 0.05) is 26.2 Å². The van der Waals surface area contributed by atoms with Crippen LogP contribution in [-0.4, -0.2) is 50.8 Å². The van der Waals surface area contributed by atoms with Gasteiger partial charge < -0.3 is 15.0 Å². The molecule has 1 saturated carbocycles. The molecule has 1 aliphatic carbocycles. The first-order valence-corrected chi connectivity index (χ1v) is 7.69. The minimum Gasteiger partial charge on any atom is -0.383 e. The normalized spacial score (nSPS) is 25.7. The highest BCUT2D eigenvalue weighted by molar-refractivity contribution is 4.89. The molecule has 1 aliphatic heterocycles. The lowest BCUT2D eigenvalue weighted by Gasteiger charge is -2.39. The van der Waals surface area contributed by atoms with Crippen LogP contribution in [0, 0.1) is 5.41 Å². The van der Waals surface area contributed by atoms with Crippen molar-refractivity contribution in [3.8, 4) is 0 Å². The highest BCUT2D eigenvalue weighted by atomic mass is 16.5. The van der Waals surface area contributed by atoms with Crippen molar-refractivity contribution >= 4 is 0 Å². The summed E-state index contributed by atoms with van der Waals surface area (Å²) >= 11 is 0. The average molecular weight is 254 g/mol. The van der Waals surface area contributed by atoms with Crippen LogP contribution in [0.15, 0.2) is 0 Å². The van der Waals surface area contributed by atoms with E-state index in [2.05, 4.69) is 17.1 Å². The first kappa shape index (κ1) is 14.3. The molecule has 0 amide bonds. The third kappa shape index (κ3) is 3.94. The quantitative estimate of drug-likeness (QED) is 0.787. The second kappa shape index (κ2) is 6.88. The van der Waals surface area contributed by atoms with Crippen LogP contribution in [0.3, 0.4) is 0 Å². The Kier molecular flexibility index (Phi) is 5.46. The van der Waals surface area contributed by atoms with Crippen LogP contribution in [0.5, 0.6) is 0 Å². The molecule has 0 radical (unpaired) electrons. The van der Waals surface area contributed by atoms with Crippen molar-refractivity contribution in [2.45, 2.75) is 51.5 Å². The lowest BCUT2D eigenvalue weighted by molar-refractivity contribution is 0.107. The molecule has 1 saturated heterocycles. The summed E-state index contributed by atoms with van der Waals surface area (Å²) in [5.41, 5.74) is 0.757. The van der Waals surface area contributed by atoms with Crippen LogP contribution in [-0.2, 0) is 4.74 Å². The predicted molar refractivity (Wildman–Crippen MR) is 75.9 cm³/mol. The number of nitrogens with zero attached hydrogens (tertiary/aromatic N) is 1. The first-order chi connectivity index (χ1) is 8.74. The molecule has 1 heterocycles. The molecule has 1 N–H and O–H groups in total. The Morgan fingerprint density at radius 3 is 2.44 bits per heavy atom. The van der Waals surface area contributed by atoms with Crippen LogP contribution < -0.4 is 5.32 Å². The number of ether oxygens (including phenoxy) is 1. The molecule has 1 spiro atoms. The van der Waals surface area contributed by atoms with E-state index in [1.807, 2.05) is 0 Å². The van der Waals surface area contributed by atoms with Crippen LogP contribution >= 0.6 is 0 Å². The van der Waals surface area contributed by atoms with Crippen LogP contribution in [0.2, 0.25) is 0 Å². The summed E-state index contributed by atoms with van der Waals surface area (Å²) in [4.78, 5) is 2.64. The van der Waals surface area contributed by atoms with Crippen molar-refractivity contribution in [2.75, 3.05) is 39.9 Å². The van der Waals surface area contributed by atoms with Crippen molar-refractivity contribution < 1.29 is 4.74 Å². The summed E-state index contributed by atoms with van der Waals surface area (Å²) in [7, 11) is 1.77. The maximum absolute atomic E-state index is 5.13. The van der Waals surface area contributed by atoms with E-state index in [9.17, 15) is 0 Å². The smallest absolute Gasteiger partial charge is 0.0613 e. The molecule has 3 heteroatoms. The fraction of sp³-hybridized carbons (Fsp3) is 1.00. The van der Waals surface area contributed by atoms with Gasteiger partial charge in [0.15, 0.2) is 0 Å². The number of hydrogen-bond acceptors (Lipinski definition) is 3. The Bertz CT molecular complexity index is 229. The van der Waals surface area contributed by atoms with Gasteiger partial charge in [-0.15, -0.1) is 0 Å². The Balaban J connectivity index is 1.59. The van der Waals surface area contributed by atoms with Crippen LogP contribution in [0.25, 0.3) is 0 Å². The molecule has 0 bridgehead atoms. The van der Waals surface area contributed by atoms with E-state index in [0.717, 1.165) is 18.6 Å². The van der Waals surface area contributed by atoms with Gasteiger partial charge in [-0.2, -0.15) is 0 Å². The van der Waals surface area contributed by atoms with Gasteiger partial charge in [0.05, 0.1) is 6.61 Å². The summed E-state index contributed by atoms with van der Waals surface area (Å²) in [6, 6.07) is 0.473. The summed E-state index contributed by atoms with van der Waals surface area (Å²) < 4.78 is 5.13. The molecule has 0 aromatic carbocycles. The number of rotatable bonds is 6. The molecular weight excluding hydrogens is 224 g/mol. The molecule has 0 aromatic heterocycles. The molecule has 2 fully saturated rings. The third-order valence-electron chi connectivity index (χ3n) is 4.92. The Morgan fingerprint density at radius 1 is 1.17 bits per heavy atom. The number of nitrogens with one attached hydrogen (secondary N) is 1. The highest BCUT2D eigenvalue weighted by Crippen LogP contribution is 2.45. The lowest BCUT2D eigenvalue weighted by Crippen LogP contribution is -2.43. The van der Waals surface area contributed by atoms with Crippen molar-refractivity contribution in [1.82, 2.24) is 10.2 Å². The second-order valence-electron chi connectivity index (χ2n) is 6.36. The van der Waals surface area contributed by atoms with Crippen LogP contribution in [0.1, 0.15) is 45.4 Å². The van der Waals surface area contributed by atoms with Crippen molar-refractivity contribution in [3.05, 3.63) is 0 Å². The fourth-order valence-electron chi connectivity index (χ4n) is 3.65. The Hall–Kier alpha value is -0.120. The maximum atomic E-state index is 5.13. The molecular formula is C15H30N2O. The number of hydrogen-bond donors (Lipinski definition) is 1. The Morgan fingerprint density at radius 2 is 1.83 bits per heavy atom. The molecule has 1 unspecified atom stereocenters. The van der Waals surface area contributed by atoms with E-state index in [4.69, 9.17) is 4.74 Å². The predicted octanol–water partition coefficient (Wildman–Crippen LogP) is 2.27. The van der Waals surface area contributed by atoms with Crippen molar-refractivity contribution in [2.24, 2.45) is 5.41 Å². The second-order valence-corrected chi connectivity index (χ2v) is 6.36. The summed E-state index contributed by atoms with van der Waals surface area (Å²) in [6.45, 7) is 7.93. The fourth-order valence-corrected chi connectivity index (χ4v) is 3.65. The van der Waals surface area contributed by atoms with E-state index >= 15 is 0 Å². The molecule has 3 nitrogen and oxygen atoms in total. The molecule has 2 aliphatic rings. The average Bonchev–Trinajstić information content (AvgIpc) is 2.81. The van der Waals surface area contributed by atoms with Gasteiger partial charge in [-0.1, -0.05) is 12.8 Å². The standard InChI is InChI=1S/C15H30N2O/c1-14(13-18-2)16-9-12-17-10-7-15(8-11-17)5-3-4-6-15/h14,16H,3-13H2,1-2H3. The molecule has 106 valence electrons. The van der Waals surface area contributed by atoms with E-state index < -0.39 is 0 Å². The zero-order valence-corrected chi connectivity index (χ0v) is 12.2. The van der Waals surface area contributed by atoms with Crippen molar-refractivity contribution in [3.63, 3.8) is 0 Å². The van der Waals surface area contributed by atoms with Gasteiger partial charge >= 0.3 is 0 Å². The summed E-state index contributed by atoms with van der Waals surface area (Å²) in [5.74, 6) is 0. The van der Waals surface area contributed by atoms with Gasteiger partial charge in [0.2, 0.25) is 0 Å². The number of methoxy groups -OCH3 is 1. The summed E-state index contributed by atoms with van der Waals surface area (Å²) in [6.07, 6.45) is 8.86. The third-order valence-corrected chi connectivity index (χ3v) is 4.92. The van der Waals surface area contributed by atoms with E-state index in [1.165, 1.54) is 58.2 Å². The molecule has 2 rings (SSSR count).